The van der Waals surface area contributed by atoms with Crippen molar-refractivity contribution >= 4 is 22.9 Å². The van der Waals surface area contributed by atoms with Gasteiger partial charge >= 0.3 is 0 Å². The molecule has 2 atom stereocenters. The van der Waals surface area contributed by atoms with Crippen LogP contribution in [-0.4, -0.2) is 65.4 Å². The van der Waals surface area contributed by atoms with Crippen molar-refractivity contribution in [2.45, 2.75) is 102 Å². The zero-order valence-corrected chi connectivity index (χ0v) is 26.2. The lowest BCUT2D eigenvalue weighted by Crippen LogP contribution is -2.52. The summed E-state index contributed by atoms with van der Waals surface area (Å²) < 4.78 is 14.7. The van der Waals surface area contributed by atoms with Gasteiger partial charge < -0.3 is 15.1 Å². The van der Waals surface area contributed by atoms with Gasteiger partial charge in [-0.15, -0.1) is 11.3 Å². The highest BCUT2D eigenvalue weighted by Crippen LogP contribution is 2.45. The molecule has 224 valence electrons. The first-order valence-corrected chi connectivity index (χ1v) is 16.7. The number of hydrogen-bond donors (Lipinski definition) is 2. The molecule has 6 rings (SSSR count). The predicted octanol–water partition coefficient (Wildman–Crippen LogP) is 6.12. The summed E-state index contributed by atoms with van der Waals surface area (Å²) in [4.78, 5) is 16.0. The Hall–Kier alpha value is -2.67. The van der Waals surface area contributed by atoms with Gasteiger partial charge in [0.25, 0.3) is 0 Å². The number of fused-ring (bicyclic) bond motifs is 1. The van der Waals surface area contributed by atoms with Crippen LogP contribution in [0.2, 0.25) is 0 Å². The standard InChI is InChI=1S/C33H44FN7S/c1-4-7-25(21(2)24-9-5-10-27-29(24)26(19-35)31(34)42-27)30(36)32-38-22(11-12-23-8-6-16-40(23)3)18-28(39-32)41-17-15-37-33(20-41)13-14-33/h18,23-24,36-37H,4-17,20H2,1-3H3/b25-21+,36-30?/t23?,24-/m1/s1. The Balaban J connectivity index is 1.36. The average Bonchev–Trinajstić information content (AvgIpc) is 3.45. The van der Waals surface area contributed by atoms with Crippen molar-refractivity contribution in [1.82, 2.24) is 20.2 Å². The molecule has 2 N–H and O–H groups in total. The average molecular weight is 590 g/mol. The maximum atomic E-state index is 14.7. The number of aryl methyl sites for hydroxylation is 2. The summed E-state index contributed by atoms with van der Waals surface area (Å²) in [6, 6.07) is 4.90. The number of anilines is 1. The van der Waals surface area contributed by atoms with Gasteiger partial charge in [0.15, 0.2) is 11.0 Å². The first-order valence-electron chi connectivity index (χ1n) is 15.9. The van der Waals surface area contributed by atoms with E-state index in [1.807, 2.05) is 0 Å². The second-order valence-electron chi connectivity index (χ2n) is 12.9. The quantitative estimate of drug-likeness (QED) is 0.342. The van der Waals surface area contributed by atoms with E-state index in [1.54, 1.807) is 0 Å². The van der Waals surface area contributed by atoms with Crippen molar-refractivity contribution in [2.24, 2.45) is 0 Å². The highest BCUT2D eigenvalue weighted by molar-refractivity contribution is 7.10. The van der Waals surface area contributed by atoms with Crippen molar-refractivity contribution in [2.75, 3.05) is 38.1 Å². The molecule has 0 bridgehead atoms. The molecule has 4 aliphatic rings. The lowest BCUT2D eigenvalue weighted by Gasteiger charge is -2.35. The maximum absolute atomic E-state index is 14.7. The number of thiophene rings is 1. The largest absolute Gasteiger partial charge is 0.353 e. The predicted molar refractivity (Wildman–Crippen MR) is 167 cm³/mol. The fourth-order valence-electron chi connectivity index (χ4n) is 7.46. The minimum atomic E-state index is -0.368. The van der Waals surface area contributed by atoms with Crippen molar-refractivity contribution < 1.29 is 4.39 Å². The third kappa shape index (κ3) is 5.78. The third-order valence-corrected chi connectivity index (χ3v) is 11.1. The first-order chi connectivity index (χ1) is 20.3. The molecule has 4 heterocycles. The molecule has 1 saturated carbocycles. The van der Waals surface area contributed by atoms with Crippen LogP contribution in [0.3, 0.4) is 0 Å². The van der Waals surface area contributed by atoms with Crippen LogP contribution in [0.15, 0.2) is 17.2 Å². The molecule has 1 unspecified atom stereocenters. The molecular formula is C33H44FN7S. The molecular weight excluding hydrogens is 545 g/mol. The summed E-state index contributed by atoms with van der Waals surface area (Å²) in [6.07, 6.45) is 11.1. The van der Waals surface area contributed by atoms with E-state index >= 15 is 0 Å². The maximum Gasteiger partial charge on any atom is 0.194 e. The van der Waals surface area contributed by atoms with Crippen molar-refractivity contribution in [3.63, 3.8) is 0 Å². The molecule has 1 spiro atoms. The van der Waals surface area contributed by atoms with Gasteiger partial charge in [-0.25, -0.2) is 9.97 Å². The molecule has 42 heavy (non-hydrogen) atoms. The van der Waals surface area contributed by atoms with Crippen LogP contribution in [0.4, 0.5) is 10.2 Å². The SMILES string of the molecule is CCC/C(C(=N)c1nc(CCC2CCCN2C)cc(N2CCNC3(CC3)C2)n1)=C(/C)[C@H]1CCCc2sc(F)c(C#N)c21. The molecule has 0 amide bonds. The van der Waals surface area contributed by atoms with E-state index in [1.165, 1.54) is 25.7 Å². The number of nitrogens with one attached hydrogen (secondary N) is 2. The zero-order chi connectivity index (χ0) is 29.4. The second-order valence-corrected chi connectivity index (χ2v) is 14.0. The summed E-state index contributed by atoms with van der Waals surface area (Å²) in [5.74, 6) is 1.39. The molecule has 0 radical (unpaired) electrons. The Morgan fingerprint density at radius 2 is 2.10 bits per heavy atom. The third-order valence-electron chi connectivity index (χ3n) is 10.1. The molecule has 2 aliphatic heterocycles. The molecule has 3 fully saturated rings. The van der Waals surface area contributed by atoms with Gasteiger partial charge in [-0.1, -0.05) is 18.9 Å². The number of piperazine rings is 1. The van der Waals surface area contributed by atoms with E-state index in [-0.39, 0.29) is 22.2 Å². The molecule has 2 saturated heterocycles. The summed E-state index contributed by atoms with van der Waals surface area (Å²) in [7, 11) is 2.22. The van der Waals surface area contributed by atoms with Crippen LogP contribution in [0, 0.1) is 21.9 Å². The number of aromatic nitrogens is 2. The molecule has 9 heteroatoms. The number of likely N-dealkylation sites (tertiary alicyclic amines) is 1. The van der Waals surface area contributed by atoms with Gasteiger partial charge in [0.05, 0.1) is 0 Å². The Morgan fingerprint density at radius 3 is 2.81 bits per heavy atom. The van der Waals surface area contributed by atoms with Gasteiger partial charge in [-0.2, -0.15) is 9.65 Å². The van der Waals surface area contributed by atoms with Crippen molar-refractivity contribution in [3.8, 4) is 6.07 Å². The second kappa shape index (κ2) is 12.1. The molecule has 2 aromatic heterocycles. The fraction of sp³-hybridized carbons (Fsp3) is 0.636. The number of nitrogens with zero attached hydrogens (tertiary/aromatic N) is 5. The normalized spacial score (nSPS) is 23.9. The number of allylic oxidation sites excluding steroid dienone is 2. The Kier molecular flexibility index (Phi) is 8.50. The van der Waals surface area contributed by atoms with Gasteiger partial charge in [-0.3, -0.25) is 5.41 Å². The van der Waals surface area contributed by atoms with Crippen LogP contribution in [0.1, 0.15) is 105 Å². The number of halogens is 1. The lowest BCUT2D eigenvalue weighted by molar-refractivity contribution is 0.296. The summed E-state index contributed by atoms with van der Waals surface area (Å²) >= 11 is 1.13. The van der Waals surface area contributed by atoms with Gasteiger partial charge in [-0.05, 0) is 95.9 Å². The minimum Gasteiger partial charge on any atom is -0.353 e. The van der Waals surface area contributed by atoms with Crippen LogP contribution >= 0.6 is 11.3 Å². The van der Waals surface area contributed by atoms with Gasteiger partial charge in [0.2, 0.25) is 0 Å². The van der Waals surface area contributed by atoms with E-state index in [2.05, 4.69) is 48.1 Å². The Morgan fingerprint density at radius 1 is 1.26 bits per heavy atom. The van der Waals surface area contributed by atoms with Crippen molar-refractivity contribution in [1.29, 1.82) is 10.7 Å². The van der Waals surface area contributed by atoms with E-state index in [9.17, 15) is 15.1 Å². The smallest absolute Gasteiger partial charge is 0.194 e. The molecule has 2 aliphatic carbocycles. The molecule has 0 aromatic carbocycles. The summed E-state index contributed by atoms with van der Waals surface area (Å²) in [6.45, 7) is 8.18. The number of nitriles is 1. The van der Waals surface area contributed by atoms with Crippen LogP contribution < -0.4 is 10.2 Å². The van der Waals surface area contributed by atoms with E-state index in [4.69, 9.17) is 9.97 Å². The highest BCUT2D eigenvalue weighted by Gasteiger charge is 2.46. The first kappa shape index (κ1) is 29.4. The lowest BCUT2D eigenvalue weighted by atomic mass is 9.78. The van der Waals surface area contributed by atoms with Crippen LogP contribution in [-0.2, 0) is 12.8 Å². The Bertz CT molecular complexity index is 1420. The summed E-state index contributed by atoms with van der Waals surface area (Å²) in [5, 5.41) is 22.6. The molecule has 7 nitrogen and oxygen atoms in total. The van der Waals surface area contributed by atoms with Gasteiger partial charge in [0.1, 0.15) is 23.2 Å². The van der Waals surface area contributed by atoms with Gasteiger partial charge in [0, 0.05) is 53.8 Å². The minimum absolute atomic E-state index is 0.0468. The topological polar surface area (TPSA) is 91.9 Å². The van der Waals surface area contributed by atoms with E-state index in [0.717, 1.165) is 116 Å². The zero-order valence-electron chi connectivity index (χ0n) is 25.4. The van der Waals surface area contributed by atoms with E-state index < -0.39 is 0 Å². The number of rotatable bonds is 9. The fourth-order valence-corrected chi connectivity index (χ4v) is 8.53. The van der Waals surface area contributed by atoms with Crippen LogP contribution in [0.5, 0.6) is 0 Å². The van der Waals surface area contributed by atoms with E-state index in [0.29, 0.717) is 17.6 Å². The van der Waals surface area contributed by atoms with Crippen molar-refractivity contribution in [3.05, 3.63) is 49.9 Å². The summed E-state index contributed by atoms with van der Waals surface area (Å²) in [5.41, 5.74) is 4.70. The monoisotopic (exact) mass is 589 g/mol. The Labute approximate surface area is 253 Å². The van der Waals surface area contributed by atoms with Crippen LogP contribution in [0.25, 0.3) is 0 Å². The molecule has 2 aromatic rings. The number of hydrogen-bond acceptors (Lipinski definition) is 8. The highest BCUT2D eigenvalue weighted by atomic mass is 32.1.